The Hall–Kier alpha value is -2.28. The number of guanidine groups is 1. The lowest BCUT2D eigenvalue weighted by Gasteiger charge is -2.27. The van der Waals surface area contributed by atoms with Gasteiger partial charge in [-0.3, -0.25) is 14.7 Å². The summed E-state index contributed by atoms with van der Waals surface area (Å²) in [5.74, 6) is 1.73. The highest BCUT2D eigenvalue weighted by Gasteiger charge is 2.23. The predicted molar refractivity (Wildman–Crippen MR) is 114 cm³/mol. The zero-order valence-corrected chi connectivity index (χ0v) is 17.7. The predicted octanol–water partition coefficient (Wildman–Crippen LogP) is 1.87. The summed E-state index contributed by atoms with van der Waals surface area (Å²) in [7, 11) is 5.25. The van der Waals surface area contributed by atoms with Crippen LogP contribution < -0.4 is 15.4 Å². The molecule has 1 aromatic carbocycles. The summed E-state index contributed by atoms with van der Waals surface area (Å²) >= 11 is 0. The van der Waals surface area contributed by atoms with Gasteiger partial charge in [-0.25, -0.2) is 0 Å². The topological polar surface area (TPSA) is 69.2 Å². The molecular weight excluding hydrogens is 354 g/mol. The van der Waals surface area contributed by atoms with E-state index in [9.17, 15) is 4.79 Å². The van der Waals surface area contributed by atoms with Gasteiger partial charge in [-0.15, -0.1) is 0 Å². The average molecular weight is 390 g/mol. The van der Waals surface area contributed by atoms with Crippen LogP contribution in [0.15, 0.2) is 29.3 Å². The van der Waals surface area contributed by atoms with E-state index in [1.165, 1.54) is 18.4 Å². The van der Waals surface area contributed by atoms with E-state index in [1.54, 1.807) is 26.1 Å². The molecule has 1 aliphatic rings. The quantitative estimate of drug-likeness (QED) is 0.498. The molecule has 28 heavy (non-hydrogen) atoms. The van der Waals surface area contributed by atoms with Gasteiger partial charge in [-0.05, 0) is 50.6 Å². The van der Waals surface area contributed by atoms with Gasteiger partial charge in [0, 0.05) is 33.6 Å². The summed E-state index contributed by atoms with van der Waals surface area (Å²) < 4.78 is 5.41. The van der Waals surface area contributed by atoms with Gasteiger partial charge < -0.3 is 20.3 Å². The number of nitrogens with one attached hydrogen (secondary N) is 2. The lowest BCUT2D eigenvalue weighted by Crippen LogP contribution is -2.40. The fraction of sp³-hybridized carbons (Fsp3) is 0.619. The van der Waals surface area contributed by atoms with E-state index >= 15 is 0 Å². The first-order valence-electron chi connectivity index (χ1n) is 10.2. The largest absolute Gasteiger partial charge is 0.497 e. The summed E-state index contributed by atoms with van der Waals surface area (Å²) in [4.78, 5) is 20.7. The number of nitrogens with zero attached hydrogens (tertiary/aromatic N) is 3. The van der Waals surface area contributed by atoms with Gasteiger partial charge in [0.05, 0.1) is 19.7 Å². The van der Waals surface area contributed by atoms with Crippen LogP contribution in [0.5, 0.6) is 5.75 Å². The summed E-state index contributed by atoms with van der Waals surface area (Å²) in [5, 5.41) is 6.55. The zero-order chi connectivity index (χ0) is 20.4. The average Bonchev–Trinajstić information content (AvgIpc) is 3.22. The van der Waals surface area contributed by atoms with Crippen LogP contribution in [-0.2, 0) is 4.79 Å². The van der Waals surface area contributed by atoms with Crippen LogP contribution in [0.3, 0.4) is 0 Å². The molecule has 0 aliphatic carbocycles. The maximum absolute atomic E-state index is 11.8. The minimum absolute atomic E-state index is 0.106. The van der Waals surface area contributed by atoms with Crippen molar-refractivity contribution in [1.82, 2.24) is 20.4 Å². The van der Waals surface area contributed by atoms with Crippen molar-refractivity contribution in [2.24, 2.45) is 4.99 Å². The molecule has 0 bridgehead atoms. The van der Waals surface area contributed by atoms with Crippen LogP contribution in [0, 0.1) is 0 Å². The van der Waals surface area contributed by atoms with E-state index in [2.05, 4.69) is 27.7 Å². The molecule has 1 amide bonds. The van der Waals surface area contributed by atoms with Gasteiger partial charge >= 0.3 is 0 Å². The smallest absolute Gasteiger partial charge is 0.223 e. The van der Waals surface area contributed by atoms with Crippen molar-refractivity contribution in [3.63, 3.8) is 0 Å². The Kier molecular flexibility index (Phi) is 9.07. The third-order valence-corrected chi connectivity index (χ3v) is 4.96. The molecule has 2 rings (SSSR count). The molecule has 7 nitrogen and oxygen atoms in total. The number of ether oxygens (including phenoxy) is 1. The molecular formula is C21H35N5O2. The zero-order valence-electron chi connectivity index (χ0n) is 17.7. The lowest BCUT2D eigenvalue weighted by atomic mass is 10.1. The first-order chi connectivity index (χ1) is 13.5. The summed E-state index contributed by atoms with van der Waals surface area (Å²) in [6.07, 6.45) is 2.91. The molecule has 1 atom stereocenters. The Bertz CT molecular complexity index is 641. The highest BCUT2D eigenvalue weighted by atomic mass is 16.5. The number of carbonyl (C=O) groups excluding carboxylic acids is 1. The molecule has 1 heterocycles. The fourth-order valence-electron chi connectivity index (χ4n) is 3.36. The van der Waals surface area contributed by atoms with Gasteiger partial charge in [-0.2, -0.15) is 0 Å². The number of carbonyl (C=O) groups is 1. The molecule has 1 saturated heterocycles. The van der Waals surface area contributed by atoms with Crippen LogP contribution >= 0.6 is 0 Å². The molecule has 0 radical (unpaired) electrons. The van der Waals surface area contributed by atoms with Crippen molar-refractivity contribution in [2.45, 2.75) is 32.2 Å². The number of hydrogen-bond acceptors (Lipinski definition) is 4. The Morgan fingerprint density at radius 2 is 2.04 bits per heavy atom. The SMILES string of the molecule is CCNC(=NCC(c1cccc(OC)c1)N1CCCC1)NCCC(=O)N(C)C. The molecule has 0 saturated carbocycles. The Morgan fingerprint density at radius 1 is 1.29 bits per heavy atom. The lowest BCUT2D eigenvalue weighted by molar-refractivity contribution is -0.128. The van der Waals surface area contributed by atoms with Crippen molar-refractivity contribution in [2.75, 3.05) is 53.9 Å². The van der Waals surface area contributed by atoms with E-state index in [1.807, 2.05) is 19.1 Å². The fourth-order valence-corrected chi connectivity index (χ4v) is 3.36. The minimum Gasteiger partial charge on any atom is -0.497 e. The molecule has 7 heteroatoms. The van der Waals surface area contributed by atoms with Crippen LogP contribution in [0.4, 0.5) is 0 Å². The second kappa shape index (κ2) is 11.5. The molecule has 1 unspecified atom stereocenters. The molecule has 1 fully saturated rings. The van der Waals surface area contributed by atoms with Gasteiger partial charge in [0.15, 0.2) is 5.96 Å². The monoisotopic (exact) mass is 389 g/mol. The van der Waals surface area contributed by atoms with Crippen molar-refractivity contribution in [3.8, 4) is 5.75 Å². The summed E-state index contributed by atoms with van der Waals surface area (Å²) in [5.41, 5.74) is 1.23. The van der Waals surface area contributed by atoms with E-state index in [0.29, 0.717) is 19.5 Å². The number of amides is 1. The maximum Gasteiger partial charge on any atom is 0.223 e. The van der Waals surface area contributed by atoms with Crippen LogP contribution in [-0.4, -0.2) is 75.6 Å². The van der Waals surface area contributed by atoms with Gasteiger partial charge in [-0.1, -0.05) is 12.1 Å². The Labute approximate surface area is 169 Å². The first kappa shape index (κ1) is 22.0. The van der Waals surface area contributed by atoms with E-state index in [0.717, 1.165) is 31.3 Å². The maximum atomic E-state index is 11.8. The summed E-state index contributed by atoms with van der Waals surface area (Å²) in [6, 6.07) is 8.49. The summed E-state index contributed by atoms with van der Waals surface area (Å²) in [6.45, 7) is 6.24. The number of likely N-dealkylation sites (tertiary alicyclic amines) is 1. The second-order valence-corrected chi connectivity index (χ2v) is 7.22. The van der Waals surface area contributed by atoms with E-state index < -0.39 is 0 Å². The normalized spacial score (nSPS) is 15.9. The number of rotatable bonds is 9. The molecule has 0 spiro atoms. The van der Waals surface area contributed by atoms with Crippen molar-refractivity contribution in [1.29, 1.82) is 0 Å². The Balaban J connectivity index is 2.07. The van der Waals surface area contributed by atoms with Crippen molar-refractivity contribution in [3.05, 3.63) is 29.8 Å². The number of benzene rings is 1. The number of aliphatic imine (C=N–C) groups is 1. The molecule has 156 valence electrons. The van der Waals surface area contributed by atoms with Gasteiger partial charge in [0.2, 0.25) is 5.91 Å². The minimum atomic E-state index is 0.106. The van der Waals surface area contributed by atoms with Crippen LogP contribution in [0.1, 0.15) is 37.8 Å². The molecule has 2 N–H and O–H groups in total. The standard InChI is InChI=1S/C21H35N5O2/c1-5-22-21(23-12-11-20(27)25(2)3)24-16-19(26-13-6-7-14-26)17-9-8-10-18(15-17)28-4/h8-10,15,19H,5-7,11-14,16H2,1-4H3,(H2,22,23,24). The Morgan fingerprint density at radius 3 is 2.68 bits per heavy atom. The van der Waals surface area contributed by atoms with Gasteiger partial charge in [0.1, 0.15) is 5.75 Å². The first-order valence-corrected chi connectivity index (χ1v) is 10.2. The van der Waals surface area contributed by atoms with Crippen molar-refractivity contribution < 1.29 is 9.53 Å². The number of hydrogen-bond donors (Lipinski definition) is 2. The van der Waals surface area contributed by atoms with Crippen LogP contribution in [0.25, 0.3) is 0 Å². The highest BCUT2D eigenvalue weighted by Crippen LogP contribution is 2.27. The van der Waals surface area contributed by atoms with E-state index in [-0.39, 0.29) is 11.9 Å². The van der Waals surface area contributed by atoms with E-state index in [4.69, 9.17) is 9.73 Å². The third-order valence-electron chi connectivity index (χ3n) is 4.96. The third kappa shape index (κ3) is 6.71. The highest BCUT2D eigenvalue weighted by molar-refractivity contribution is 5.81. The molecule has 1 aromatic rings. The second-order valence-electron chi connectivity index (χ2n) is 7.22. The van der Waals surface area contributed by atoms with Crippen molar-refractivity contribution >= 4 is 11.9 Å². The molecule has 0 aromatic heterocycles. The molecule has 1 aliphatic heterocycles. The number of methoxy groups -OCH3 is 1. The van der Waals surface area contributed by atoms with Crippen LogP contribution in [0.2, 0.25) is 0 Å². The van der Waals surface area contributed by atoms with Gasteiger partial charge in [0.25, 0.3) is 0 Å².